The van der Waals surface area contributed by atoms with Crippen LogP contribution in [0.4, 0.5) is 0 Å². The fourth-order valence-electron chi connectivity index (χ4n) is 1.72. The minimum absolute atomic E-state index is 0.295. The van der Waals surface area contributed by atoms with E-state index in [2.05, 4.69) is 0 Å². The average molecular weight is 237 g/mol. The molecule has 0 radical (unpaired) electrons. The molecule has 0 bridgehead atoms. The van der Waals surface area contributed by atoms with E-state index in [4.69, 9.17) is 9.47 Å². The van der Waals surface area contributed by atoms with Crippen LogP contribution in [-0.2, 0) is 16.0 Å². The van der Waals surface area contributed by atoms with Crippen molar-refractivity contribution in [2.24, 2.45) is 5.92 Å². The van der Waals surface area contributed by atoms with Gasteiger partial charge in [0, 0.05) is 37.5 Å². The molecule has 2 rings (SSSR count). The van der Waals surface area contributed by atoms with E-state index < -0.39 is 0 Å². The van der Waals surface area contributed by atoms with E-state index in [0.717, 1.165) is 24.9 Å². The first-order valence-electron chi connectivity index (χ1n) is 6.08. The predicted octanol–water partition coefficient (Wildman–Crippen LogP) is 1.74. The first kappa shape index (κ1) is 12.3. The van der Waals surface area contributed by atoms with Crippen LogP contribution in [0.3, 0.4) is 0 Å². The molecule has 94 valence electrons. The van der Waals surface area contributed by atoms with Crippen LogP contribution in [0.15, 0.2) is 18.5 Å². The summed E-state index contributed by atoms with van der Waals surface area (Å²) < 4.78 is 12.3. The number of rotatable bonds is 8. The van der Waals surface area contributed by atoms with E-state index in [1.807, 2.05) is 23.0 Å². The molecule has 0 aliphatic heterocycles. The molecule has 1 heterocycles. The number of nitrogens with zero attached hydrogens (tertiary/aromatic N) is 1. The van der Waals surface area contributed by atoms with Crippen molar-refractivity contribution in [1.29, 1.82) is 0 Å². The van der Waals surface area contributed by atoms with Gasteiger partial charge in [-0.1, -0.05) is 0 Å². The lowest BCUT2D eigenvalue weighted by atomic mass is 10.1. The van der Waals surface area contributed by atoms with E-state index in [-0.39, 0.29) is 0 Å². The Balaban J connectivity index is 1.72. The molecule has 0 N–H and O–H groups in total. The lowest BCUT2D eigenvalue weighted by Gasteiger charge is -2.04. The largest absolute Gasteiger partial charge is 0.382 e. The van der Waals surface area contributed by atoms with Crippen molar-refractivity contribution in [2.45, 2.75) is 19.4 Å². The zero-order chi connectivity index (χ0) is 12.1. The van der Waals surface area contributed by atoms with Gasteiger partial charge in [0.05, 0.1) is 19.8 Å². The number of carbonyl (C=O) groups is 1. The van der Waals surface area contributed by atoms with Crippen LogP contribution in [0.2, 0.25) is 0 Å². The Labute approximate surface area is 102 Å². The van der Waals surface area contributed by atoms with Gasteiger partial charge >= 0.3 is 0 Å². The maximum atomic E-state index is 11.8. The van der Waals surface area contributed by atoms with Crippen molar-refractivity contribution < 1.29 is 14.3 Å². The van der Waals surface area contributed by atoms with E-state index in [0.29, 0.717) is 31.5 Å². The Kier molecular flexibility index (Phi) is 4.34. The summed E-state index contributed by atoms with van der Waals surface area (Å²) >= 11 is 0. The quantitative estimate of drug-likeness (QED) is 0.511. The van der Waals surface area contributed by atoms with Crippen LogP contribution < -0.4 is 0 Å². The molecular weight excluding hydrogens is 218 g/mol. The number of ether oxygens (including phenoxy) is 2. The minimum atomic E-state index is 0.295. The molecular formula is C13H19NO3. The third kappa shape index (κ3) is 3.68. The topological polar surface area (TPSA) is 40.5 Å². The second-order valence-corrected chi connectivity index (χ2v) is 4.38. The summed E-state index contributed by atoms with van der Waals surface area (Å²) in [7, 11) is 1.66. The molecule has 1 aliphatic rings. The summed E-state index contributed by atoms with van der Waals surface area (Å²) in [6.45, 7) is 2.67. The van der Waals surface area contributed by atoms with Crippen molar-refractivity contribution in [3.63, 3.8) is 0 Å². The second kappa shape index (κ2) is 5.98. The van der Waals surface area contributed by atoms with Crippen LogP contribution >= 0.6 is 0 Å². The predicted molar refractivity (Wildman–Crippen MR) is 64.2 cm³/mol. The number of carbonyl (C=O) groups excluding carboxylic acids is 1. The highest BCUT2D eigenvalue weighted by Gasteiger charge is 2.30. The number of Topliss-reactive ketones (excluding diaryl/α,β-unsaturated/α-hetero) is 1. The van der Waals surface area contributed by atoms with Crippen molar-refractivity contribution in [3.05, 3.63) is 24.0 Å². The van der Waals surface area contributed by atoms with Gasteiger partial charge in [0.25, 0.3) is 0 Å². The van der Waals surface area contributed by atoms with Crippen molar-refractivity contribution >= 4 is 5.78 Å². The molecule has 0 spiro atoms. The zero-order valence-electron chi connectivity index (χ0n) is 10.2. The van der Waals surface area contributed by atoms with Crippen molar-refractivity contribution in [2.75, 3.05) is 26.9 Å². The third-order valence-corrected chi connectivity index (χ3v) is 2.91. The molecule has 0 aromatic carbocycles. The maximum absolute atomic E-state index is 11.8. The van der Waals surface area contributed by atoms with Gasteiger partial charge in [0.2, 0.25) is 0 Å². The molecule has 0 unspecified atom stereocenters. The van der Waals surface area contributed by atoms with Crippen molar-refractivity contribution in [3.8, 4) is 0 Å². The van der Waals surface area contributed by atoms with E-state index in [1.165, 1.54) is 0 Å². The Bertz CT molecular complexity index is 368. The normalized spacial score (nSPS) is 15.1. The summed E-state index contributed by atoms with van der Waals surface area (Å²) in [5.41, 5.74) is 0.837. The Hall–Kier alpha value is -1.13. The summed E-state index contributed by atoms with van der Waals surface area (Å²) in [5, 5.41) is 0. The molecule has 1 aromatic rings. The minimum Gasteiger partial charge on any atom is -0.382 e. The fourth-order valence-corrected chi connectivity index (χ4v) is 1.72. The van der Waals surface area contributed by atoms with E-state index >= 15 is 0 Å². The summed E-state index contributed by atoms with van der Waals surface area (Å²) in [4.78, 5) is 11.8. The van der Waals surface area contributed by atoms with Gasteiger partial charge in [0.15, 0.2) is 5.78 Å². The molecule has 0 amide bonds. The SMILES string of the molecule is COCCOCCn1ccc(C(=O)C2CC2)c1. The van der Waals surface area contributed by atoms with Crippen LogP contribution in [0.25, 0.3) is 0 Å². The van der Waals surface area contributed by atoms with Gasteiger partial charge in [-0.2, -0.15) is 0 Å². The van der Waals surface area contributed by atoms with Gasteiger partial charge < -0.3 is 14.0 Å². The lowest BCUT2D eigenvalue weighted by Crippen LogP contribution is -2.08. The molecule has 17 heavy (non-hydrogen) atoms. The van der Waals surface area contributed by atoms with Crippen molar-refractivity contribution in [1.82, 2.24) is 4.57 Å². The monoisotopic (exact) mass is 237 g/mol. The van der Waals surface area contributed by atoms with Gasteiger partial charge in [-0.3, -0.25) is 4.79 Å². The number of ketones is 1. The Morgan fingerprint density at radius 3 is 2.94 bits per heavy atom. The highest BCUT2D eigenvalue weighted by molar-refractivity contribution is 5.99. The highest BCUT2D eigenvalue weighted by atomic mass is 16.5. The third-order valence-electron chi connectivity index (χ3n) is 2.91. The van der Waals surface area contributed by atoms with E-state index in [1.54, 1.807) is 7.11 Å². The van der Waals surface area contributed by atoms with Gasteiger partial charge in [-0.05, 0) is 18.9 Å². The molecule has 0 atom stereocenters. The second-order valence-electron chi connectivity index (χ2n) is 4.38. The molecule has 1 saturated carbocycles. The van der Waals surface area contributed by atoms with Gasteiger partial charge in [-0.15, -0.1) is 0 Å². The molecule has 0 saturated heterocycles. The molecule has 4 nitrogen and oxygen atoms in total. The standard InChI is InChI=1S/C13H19NO3/c1-16-8-9-17-7-6-14-5-4-12(10-14)13(15)11-2-3-11/h4-5,10-11H,2-3,6-9H2,1H3. The average Bonchev–Trinajstić information content (AvgIpc) is 3.08. The first-order chi connectivity index (χ1) is 8.31. The first-order valence-corrected chi connectivity index (χ1v) is 6.08. The van der Waals surface area contributed by atoms with Crippen LogP contribution in [0.1, 0.15) is 23.2 Å². The van der Waals surface area contributed by atoms with Crippen LogP contribution in [-0.4, -0.2) is 37.3 Å². The van der Waals surface area contributed by atoms with Gasteiger partial charge in [0.1, 0.15) is 0 Å². The molecule has 1 aliphatic carbocycles. The number of hydrogen-bond acceptors (Lipinski definition) is 3. The van der Waals surface area contributed by atoms with Gasteiger partial charge in [-0.25, -0.2) is 0 Å². The van der Waals surface area contributed by atoms with Crippen LogP contribution in [0, 0.1) is 5.92 Å². The zero-order valence-corrected chi connectivity index (χ0v) is 10.2. The Morgan fingerprint density at radius 1 is 1.41 bits per heavy atom. The van der Waals surface area contributed by atoms with Crippen LogP contribution in [0.5, 0.6) is 0 Å². The smallest absolute Gasteiger partial charge is 0.167 e. The summed E-state index contributed by atoms with van der Waals surface area (Å²) in [5.74, 6) is 0.591. The summed E-state index contributed by atoms with van der Waals surface area (Å²) in [6, 6.07) is 1.90. The highest BCUT2D eigenvalue weighted by Crippen LogP contribution is 2.32. The molecule has 1 fully saturated rings. The molecule has 4 heteroatoms. The summed E-state index contributed by atoms with van der Waals surface area (Å²) in [6.07, 6.45) is 5.98. The fraction of sp³-hybridized carbons (Fsp3) is 0.615. The number of hydrogen-bond donors (Lipinski definition) is 0. The van der Waals surface area contributed by atoms with E-state index in [9.17, 15) is 4.79 Å². The lowest BCUT2D eigenvalue weighted by molar-refractivity contribution is 0.0666. The maximum Gasteiger partial charge on any atom is 0.167 e. The number of aromatic nitrogens is 1. The molecule has 1 aromatic heterocycles. The number of methoxy groups -OCH3 is 1. The Morgan fingerprint density at radius 2 is 2.24 bits per heavy atom.